The predicted molar refractivity (Wildman–Crippen MR) is 158 cm³/mol. The highest BCUT2D eigenvalue weighted by Gasteiger charge is 2.27. The second kappa shape index (κ2) is 12.6. The molecule has 1 fully saturated rings. The van der Waals surface area contributed by atoms with Crippen molar-refractivity contribution in [3.63, 3.8) is 0 Å². The molecule has 0 bridgehead atoms. The number of aromatic nitrogens is 2. The quantitative estimate of drug-likeness (QED) is 0.146. The molecule has 3 aromatic carbocycles. The molecule has 39 heavy (non-hydrogen) atoms. The first-order valence-corrected chi connectivity index (χ1v) is 13.6. The number of hydrogen-bond donors (Lipinski definition) is 2. The van der Waals surface area contributed by atoms with Gasteiger partial charge in [-0.15, -0.1) is 0 Å². The molecule has 1 aliphatic carbocycles. The van der Waals surface area contributed by atoms with Crippen LogP contribution >= 0.6 is 0 Å². The molecule has 6 nitrogen and oxygen atoms in total. The number of carbonyl (C=O) groups is 1. The molecule has 0 radical (unpaired) electrons. The van der Waals surface area contributed by atoms with Crippen molar-refractivity contribution >= 4 is 28.0 Å². The molecule has 1 aliphatic rings. The van der Waals surface area contributed by atoms with Crippen LogP contribution < -0.4 is 10.1 Å². The lowest BCUT2D eigenvalue weighted by atomic mass is 9.73. The smallest absolute Gasteiger partial charge is 0.245 e. The van der Waals surface area contributed by atoms with Gasteiger partial charge >= 0.3 is 0 Å². The number of benzene rings is 3. The van der Waals surface area contributed by atoms with Crippen LogP contribution in [0.5, 0.6) is 5.75 Å². The highest BCUT2D eigenvalue weighted by molar-refractivity contribution is 6.01. The predicted octanol–water partition coefficient (Wildman–Crippen LogP) is 5.93. The lowest BCUT2D eigenvalue weighted by Gasteiger charge is -2.31. The molecular weight excluding hydrogens is 484 g/mol. The first-order chi connectivity index (χ1) is 19.1. The fourth-order valence-corrected chi connectivity index (χ4v) is 4.93. The Morgan fingerprint density at radius 3 is 2.51 bits per heavy atom. The lowest BCUT2D eigenvalue weighted by Crippen LogP contribution is -2.22. The SMILES string of the molecule is CN(C)C(=O)C=CCNCCOc1ccc(C(=C(c2ccccc2)C2CCC2)c2ccc3[nH]ncc3c2)cc1. The van der Waals surface area contributed by atoms with Gasteiger partial charge in [-0.05, 0) is 70.9 Å². The number of carbonyl (C=O) groups excluding carboxylic acids is 1. The zero-order valence-electron chi connectivity index (χ0n) is 22.7. The number of hydrogen-bond acceptors (Lipinski definition) is 4. The zero-order chi connectivity index (χ0) is 27.0. The number of H-pyrrole nitrogens is 1. The normalized spacial score (nSPS) is 14.3. The first kappa shape index (κ1) is 26.4. The number of nitrogens with zero attached hydrogens (tertiary/aromatic N) is 2. The van der Waals surface area contributed by atoms with Gasteiger partial charge < -0.3 is 15.0 Å². The van der Waals surface area contributed by atoms with Gasteiger partial charge in [-0.3, -0.25) is 9.89 Å². The number of allylic oxidation sites excluding steroid dienone is 1. The van der Waals surface area contributed by atoms with Crippen molar-refractivity contribution in [1.82, 2.24) is 20.4 Å². The number of aromatic amines is 1. The van der Waals surface area contributed by atoms with Crippen LogP contribution in [0.4, 0.5) is 0 Å². The third-order valence-electron chi connectivity index (χ3n) is 7.25. The molecule has 5 rings (SSSR count). The van der Waals surface area contributed by atoms with Crippen molar-refractivity contribution < 1.29 is 9.53 Å². The average Bonchev–Trinajstić information content (AvgIpc) is 3.40. The van der Waals surface area contributed by atoms with Crippen molar-refractivity contribution in [2.75, 3.05) is 33.8 Å². The largest absolute Gasteiger partial charge is 0.492 e. The van der Waals surface area contributed by atoms with Gasteiger partial charge in [0.25, 0.3) is 0 Å². The third kappa shape index (κ3) is 6.47. The Labute approximate surface area is 230 Å². The van der Waals surface area contributed by atoms with E-state index in [9.17, 15) is 4.79 Å². The summed E-state index contributed by atoms with van der Waals surface area (Å²) in [5.41, 5.74) is 7.42. The van der Waals surface area contributed by atoms with Crippen molar-refractivity contribution in [2.45, 2.75) is 19.3 Å². The summed E-state index contributed by atoms with van der Waals surface area (Å²) >= 11 is 0. The molecule has 1 heterocycles. The minimum Gasteiger partial charge on any atom is -0.492 e. The van der Waals surface area contributed by atoms with Gasteiger partial charge in [-0.2, -0.15) is 5.10 Å². The molecule has 0 saturated heterocycles. The zero-order valence-corrected chi connectivity index (χ0v) is 22.7. The number of nitrogens with one attached hydrogen (secondary N) is 2. The van der Waals surface area contributed by atoms with Crippen molar-refractivity contribution in [3.8, 4) is 5.75 Å². The molecule has 1 saturated carbocycles. The second-order valence-corrected chi connectivity index (χ2v) is 10.2. The highest BCUT2D eigenvalue weighted by Crippen LogP contribution is 2.45. The summed E-state index contributed by atoms with van der Waals surface area (Å²) in [6, 6.07) is 25.9. The molecular formula is C33H36N4O2. The average molecular weight is 521 g/mol. The van der Waals surface area contributed by atoms with E-state index in [-0.39, 0.29) is 5.91 Å². The van der Waals surface area contributed by atoms with Gasteiger partial charge in [0.2, 0.25) is 5.91 Å². The molecule has 0 unspecified atom stereocenters. The highest BCUT2D eigenvalue weighted by atomic mass is 16.5. The molecule has 6 heteroatoms. The van der Waals surface area contributed by atoms with E-state index in [1.165, 1.54) is 47.1 Å². The summed E-state index contributed by atoms with van der Waals surface area (Å²) < 4.78 is 5.99. The van der Waals surface area contributed by atoms with Gasteiger partial charge in [-0.1, -0.05) is 61.0 Å². The van der Waals surface area contributed by atoms with E-state index in [1.807, 2.05) is 12.3 Å². The Morgan fingerprint density at radius 1 is 1.03 bits per heavy atom. The number of amides is 1. The van der Waals surface area contributed by atoms with Crippen molar-refractivity contribution in [1.29, 1.82) is 0 Å². The number of rotatable bonds is 11. The fourth-order valence-electron chi connectivity index (χ4n) is 4.93. The van der Waals surface area contributed by atoms with E-state index in [2.05, 4.69) is 88.3 Å². The minimum atomic E-state index is -0.0148. The van der Waals surface area contributed by atoms with E-state index >= 15 is 0 Å². The minimum absolute atomic E-state index is 0.0148. The van der Waals surface area contributed by atoms with Crippen LogP contribution in [0.1, 0.15) is 36.0 Å². The van der Waals surface area contributed by atoms with Gasteiger partial charge in [0.1, 0.15) is 12.4 Å². The van der Waals surface area contributed by atoms with Crippen LogP contribution in [0.3, 0.4) is 0 Å². The summed E-state index contributed by atoms with van der Waals surface area (Å²) in [4.78, 5) is 13.1. The maximum Gasteiger partial charge on any atom is 0.245 e. The van der Waals surface area contributed by atoms with E-state index in [0.717, 1.165) is 16.7 Å². The summed E-state index contributed by atoms with van der Waals surface area (Å²) in [5.74, 6) is 1.37. The molecule has 1 amide bonds. The summed E-state index contributed by atoms with van der Waals surface area (Å²) in [6.45, 7) is 1.87. The molecule has 2 N–H and O–H groups in total. The number of likely N-dealkylation sites (N-methyl/N-ethyl adjacent to an activating group) is 1. The van der Waals surface area contributed by atoms with Crippen molar-refractivity contribution in [3.05, 3.63) is 108 Å². The first-order valence-electron chi connectivity index (χ1n) is 13.6. The molecule has 4 aromatic rings. The Hall–Kier alpha value is -4.16. The van der Waals surface area contributed by atoms with E-state index in [1.54, 1.807) is 25.1 Å². The maximum absolute atomic E-state index is 11.6. The Bertz CT molecular complexity index is 1450. The molecule has 0 spiro atoms. The van der Waals surface area contributed by atoms with Crippen LogP contribution in [-0.4, -0.2) is 54.8 Å². The number of ether oxygens (including phenoxy) is 1. The number of fused-ring (bicyclic) bond motifs is 1. The van der Waals surface area contributed by atoms with Gasteiger partial charge in [0.15, 0.2) is 0 Å². The molecule has 1 aromatic heterocycles. The Morgan fingerprint density at radius 2 is 1.79 bits per heavy atom. The van der Waals surface area contributed by atoms with E-state index in [4.69, 9.17) is 4.74 Å². The Kier molecular flexibility index (Phi) is 8.54. The molecule has 0 aliphatic heterocycles. The summed E-state index contributed by atoms with van der Waals surface area (Å²) in [5, 5.41) is 11.7. The summed E-state index contributed by atoms with van der Waals surface area (Å²) in [7, 11) is 3.48. The lowest BCUT2D eigenvalue weighted by molar-refractivity contribution is -0.123. The Balaban J connectivity index is 1.36. The van der Waals surface area contributed by atoms with Crippen LogP contribution in [0.25, 0.3) is 22.0 Å². The molecule has 200 valence electrons. The van der Waals surface area contributed by atoms with E-state index in [0.29, 0.717) is 25.6 Å². The van der Waals surface area contributed by atoms with Crippen LogP contribution in [0.15, 0.2) is 91.1 Å². The van der Waals surface area contributed by atoms with Gasteiger partial charge in [0, 0.05) is 38.6 Å². The van der Waals surface area contributed by atoms with Crippen LogP contribution in [-0.2, 0) is 4.79 Å². The third-order valence-corrected chi connectivity index (χ3v) is 7.25. The fraction of sp³-hybridized carbons (Fsp3) is 0.273. The monoisotopic (exact) mass is 520 g/mol. The topological polar surface area (TPSA) is 70.2 Å². The van der Waals surface area contributed by atoms with E-state index < -0.39 is 0 Å². The van der Waals surface area contributed by atoms with Crippen LogP contribution in [0, 0.1) is 5.92 Å². The van der Waals surface area contributed by atoms with Gasteiger partial charge in [-0.25, -0.2) is 0 Å². The summed E-state index contributed by atoms with van der Waals surface area (Å²) in [6.07, 6.45) is 9.01. The van der Waals surface area contributed by atoms with Gasteiger partial charge in [0.05, 0.1) is 11.7 Å². The van der Waals surface area contributed by atoms with Crippen molar-refractivity contribution in [2.24, 2.45) is 5.92 Å². The van der Waals surface area contributed by atoms with Crippen LogP contribution in [0.2, 0.25) is 0 Å². The second-order valence-electron chi connectivity index (χ2n) is 10.2. The molecule has 0 atom stereocenters. The standard InChI is InChI=1S/C33H36N4O2/c1-37(2)31(38)12-7-19-34-20-21-39-29-16-13-26(14-17-29)33(27-15-18-30-28(22-27)23-35-36-30)32(25-10-6-11-25)24-8-4-3-5-9-24/h3-5,7-9,12-18,22-23,25,34H,6,10-11,19-21H2,1-2H3,(H,35,36). The maximum atomic E-state index is 11.6.